The molecule has 104 valence electrons. The van der Waals surface area contributed by atoms with E-state index in [1.54, 1.807) is 30.3 Å². The summed E-state index contributed by atoms with van der Waals surface area (Å²) in [4.78, 5) is 1.92. The van der Waals surface area contributed by atoms with E-state index < -0.39 is 0 Å². The van der Waals surface area contributed by atoms with Crippen molar-refractivity contribution in [2.75, 3.05) is 7.05 Å². The number of likely N-dealkylation sites (N-methyl/N-ethyl adjacent to an activating group) is 1. The average molecular weight is 284 g/mol. The predicted molar refractivity (Wildman–Crippen MR) is 83.5 cm³/mol. The van der Waals surface area contributed by atoms with Gasteiger partial charge in [0, 0.05) is 24.2 Å². The van der Waals surface area contributed by atoms with Crippen LogP contribution in [0.3, 0.4) is 0 Å². The number of allylic oxidation sites excluding steroid dienone is 4. The molecule has 0 aromatic heterocycles. The van der Waals surface area contributed by atoms with Crippen molar-refractivity contribution in [1.29, 1.82) is 15.8 Å². The van der Waals surface area contributed by atoms with Crippen molar-refractivity contribution in [1.82, 2.24) is 4.90 Å². The van der Waals surface area contributed by atoms with Crippen LogP contribution in [0.1, 0.15) is 0 Å². The maximum atomic E-state index is 9.37. The number of nitrogens with zero attached hydrogens (tertiary/aromatic N) is 4. The molecule has 0 saturated heterocycles. The van der Waals surface area contributed by atoms with Crippen LogP contribution >= 0.6 is 0 Å². The fourth-order valence-corrected chi connectivity index (χ4v) is 1.99. The highest BCUT2D eigenvalue weighted by atomic mass is 15.1. The van der Waals surface area contributed by atoms with E-state index in [1.807, 2.05) is 48.5 Å². The molecule has 1 heterocycles. The highest BCUT2D eigenvalue weighted by Crippen LogP contribution is 2.12. The number of rotatable bonds is 1. The Balaban J connectivity index is 2.56. The Hall–Kier alpha value is -3.55. The standard InChI is InChI=1S/C18H12N4/c1-22-9-3-2-4-18(22)10-16(11-19)14-5-7-15(8-6-14)17(12-20)13-21/h2-10H,1H3/b18-10+. The van der Waals surface area contributed by atoms with Crippen LogP contribution in [0.5, 0.6) is 0 Å². The van der Waals surface area contributed by atoms with Crippen LogP contribution in [-0.2, 0) is 0 Å². The third kappa shape index (κ3) is 3.12. The largest absolute Gasteiger partial charge is 0.351 e. The van der Waals surface area contributed by atoms with Gasteiger partial charge in [0.05, 0.1) is 11.6 Å². The van der Waals surface area contributed by atoms with Crippen molar-refractivity contribution in [2.45, 2.75) is 0 Å². The maximum absolute atomic E-state index is 9.37. The Bertz CT molecular complexity index is 886. The molecule has 0 fully saturated rings. The quantitative estimate of drug-likeness (QED) is 0.782. The molecule has 1 aliphatic rings. The highest BCUT2D eigenvalue weighted by molar-refractivity contribution is 5.73. The van der Waals surface area contributed by atoms with E-state index in [0.717, 1.165) is 10.9 Å². The average Bonchev–Trinajstić information content (AvgIpc) is 2.56. The fraction of sp³-hybridized carbons (Fsp3) is 0.0556. The van der Waals surface area contributed by atoms with Crippen LogP contribution in [0.15, 0.2) is 60.5 Å². The first kappa shape index (κ1) is 14.9. The minimum absolute atomic E-state index is 0.0588. The van der Waals surface area contributed by atoms with Crippen molar-refractivity contribution in [3.05, 3.63) is 70.9 Å². The molecule has 0 unspecified atom stereocenters. The molecule has 0 N–H and O–H groups in total. The molecule has 1 aromatic rings. The Morgan fingerprint density at radius 1 is 0.955 bits per heavy atom. The summed E-state index contributed by atoms with van der Waals surface area (Å²) in [5, 5.41) is 28.4. The van der Waals surface area contributed by atoms with Crippen LogP contribution in [0, 0.1) is 34.0 Å². The molecule has 2 rings (SSSR count). The summed E-state index contributed by atoms with van der Waals surface area (Å²) in [5.74, 6) is 0. The van der Waals surface area contributed by atoms with Gasteiger partial charge in [0.25, 0.3) is 0 Å². The first-order valence-corrected chi connectivity index (χ1v) is 6.54. The monoisotopic (exact) mass is 284 g/mol. The molecular formula is C18H12N4. The molecule has 1 aliphatic heterocycles. The molecule has 0 radical (unpaired) electrons. The van der Waals surface area contributed by atoms with Gasteiger partial charge >= 0.3 is 0 Å². The Morgan fingerprint density at radius 3 is 2.14 bits per heavy atom. The van der Waals surface area contributed by atoms with Gasteiger partial charge in [-0.1, -0.05) is 30.3 Å². The minimum atomic E-state index is 0.0588. The van der Waals surface area contributed by atoms with Crippen molar-refractivity contribution in [3.8, 4) is 18.2 Å². The van der Waals surface area contributed by atoms with Crippen LogP contribution < -0.4 is 10.4 Å². The molecule has 0 spiro atoms. The number of hydrogen-bond acceptors (Lipinski definition) is 4. The summed E-state index contributed by atoms with van der Waals surface area (Å²) < 4.78 is 0. The first-order valence-electron chi connectivity index (χ1n) is 6.54. The molecular weight excluding hydrogens is 272 g/mol. The van der Waals surface area contributed by atoms with Gasteiger partial charge in [0.2, 0.25) is 0 Å². The van der Waals surface area contributed by atoms with Crippen molar-refractivity contribution in [3.63, 3.8) is 0 Å². The first-order chi connectivity index (χ1) is 10.7. The van der Waals surface area contributed by atoms with Gasteiger partial charge in [0.1, 0.15) is 17.7 Å². The topological polar surface area (TPSA) is 74.6 Å². The van der Waals surface area contributed by atoms with Gasteiger partial charge < -0.3 is 4.90 Å². The van der Waals surface area contributed by atoms with Crippen LogP contribution in [0.4, 0.5) is 0 Å². The van der Waals surface area contributed by atoms with Gasteiger partial charge in [0.15, 0.2) is 0 Å². The van der Waals surface area contributed by atoms with E-state index in [2.05, 4.69) is 6.07 Å². The smallest absolute Gasteiger partial charge is 0.136 e. The molecule has 0 amide bonds. The van der Waals surface area contributed by atoms with Crippen LogP contribution in [0.2, 0.25) is 0 Å². The molecule has 22 heavy (non-hydrogen) atoms. The van der Waals surface area contributed by atoms with E-state index in [0.29, 0.717) is 10.8 Å². The molecule has 4 nitrogen and oxygen atoms in total. The second kappa shape index (κ2) is 6.75. The SMILES string of the molecule is CN1C=CC=C/C1=C\C(C#N)=c1ccc(=C(C#N)C#N)cc1. The van der Waals surface area contributed by atoms with Gasteiger partial charge in [-0.05, 0) is 23.4 Å². The van der Waals surface area contributed by atoms with E-state index in [4.69, 9.17) is 10.5 Å². The Labute approximate surface area is 128 Å². The Kier molecular flexibility index (Phi) is 4.56. The minimum Gasteiger partial charge on any atom is -0.351 e. The lowest BCUT2D eigenvalue weighted by atomic mass is 10.1. The van der Waals surface area contributed by atoms with Gasteiger partial charge in [-0.15, -0.1) is 0 Å². The van der Waals surface area contributed by atoms with E-state index in [9.17, 15) is 5.26 Å². The molecule has 0 atom stereocenters. The molecule has 1 aromatic carbocycles. The van der Waals surface area contributed by atoms with Crippen molar-refractivity contribution >= 4 is 11.1 Å². The molecule has 0 saturated carbocycles. The molecule has 0 bridgehead atoms. The number of hydrogen-bond donors (Lipinski definition) is 0. The maximum Gasteiger partial charge on any atom is 0.136 e. The predicted octanol–water partition coefficient (Wildman–Crippen LogP) is 1.46. The zero-order chi connectivity index (χ0) is 15.9. The highest BCUT2D eigenvalue weighted by Gasteiger charge is 2.03. The summed E-state index contributed by atoms with van der Waals surface area (Å²) in [6, 6.07) is 12.7. The third-order valence-corrected chi connectivity index (χ3v) is 3.22. The van der Waals surface area contributed by atoms with Crippen LogP contribution in [-0.4, -0.2) is 11.9 Å². The number of nitriles is 3. The van der Waals surface area contributed by atoms with Crippen LogP contribution in [0.25, 0.3) is 11.1 Å². The summed E-state index contributed by atoms with van der Waals surface area (Å²) in [6.07, 6.45) is 9.45. The summed E-state index contributed by atoms with van der Waals surface area (Å²) >= 11 is 0. The van der Waals surface area contributed by atoms with E-state index >= 15 is 0 Å². The van der Waals surface area contributed by atoms with Gasteiger partial charge in [-0.2, -0.15) is 15.8 Å². The lowest BCUT2D eigenvalue weighted by Crippen LogP contribution is -2.13. The lowest BCUT2D eigenvalue weighted by Gasteiger charge is -2.17. The zero-order valence-corrected chi connectivity index (χ0v) is 12.0. The van der Waals surface area contributed by atoms with Crippen molar-refractivity contribution in [2.24, 2.45) is 0 Å². The summed E-state index contributed by atoms with van der Waals surface area (Å²) in [7, 11) is 1.91. The Morgan fingerprint density at radius 2 is 1.59 bits per heavy atom. The third-order valence-electron chi connectivity index (χ3n) is 3.22. The summed E-state index contributed by atoms with van der Waals surface area (Å²) in [6.45, 7) is 0. The number of benzene rings is 1. The zero-order valence-electron chi connectivity index (χ0n) is 12.0. The lowest BCUT2D eigenvalue weighted by molar-refractivity contribution is 0.584. The second-order valence-corrected chi connectivity index (χ2v) is 4.58. The van der Waals surface area contributed by atoms with Gasteiger partial charge in [-0.25, -0.2) is 0 Å². The fourth-order valence-electron chi connectivity index (χ4n) is 1.99. The molecule has 4 heteroatoms. The summed E-state index contributed by atoms with van der Waals surface area (Å²) in [5.41, 5.74) is 1.48. The second-order valence-electron chi connectivity index (χ2n) is 4.58. The normalized spacial score (nSPS) is 14.1. The molecule has 0 aliphatic carbocycles. The van der Waals surface area contributed by atoms with E-state index in [-0.39, 0.29) is 5.57 Å². The van der Waals surface area contributed by atoms with Gasteiger partial charge in [-0.3, -0.25) is 0 Å². The van der Waals surface area contributed by atoms with Crippen molar-refractivity contribution < 1.29 is 0 Å². The van der Waals surface area contributed by atoms with E-state index in [1.165, 1.54) is 0 Å².